The number of methoxy groups -OCH3 is 1. The molecule has 0 aromatic heterocycles. The first kappa shape index (κ1) is 8.59. The minimum atomic E-state index is 0.833. The van der Waals surface area contributed by atoms with Crippen LogP contribution in [-0.2, 0) is 0 Å². The quantitative estimate of drug-likeness (QED) is 0.748. The van der Waals surface area contributed by atoms with Crippen LogP contribution in [0.15, 0.2) is 23.2 Å². The fourth-order valence-corrected chi connectivity index (χ4v) is 2.09. The number of hydrogen-bond donors (Lipinski definition) is 1. The zero-order valence-corrected chi connectivity index (χ0v) is 8.66. The molecule has 1 aromatic rings. The van der Waals surface area contributed by atoms with Gasteiger partial charge in [-0.25, -0.2) is 0 Å². The molecule has 78 valence electrons. The second-order valence-corrected chi connectivity index (χ2v) is 3.69. The van der Waals surface area contributed by atoms with Gasteiger partial charge in [-0.1, -0.05) is 0 Å². The maximum atomic E-state index is 5.23. The van der Waals surface area contributed by atoms with Crippen molar-refractivity contribution in [2.45, 2.75) is 0 Å². The van der Waals surface area contributed by atoms with E-state index in [1.807, 2.05) is 6.07 Å². The molecule has 0 amide bonds. The summed E-state index contributed by atoms with van der Waals surface area (Å²) in [6, 6.07) is 6.09. The van der Waals surface area contributed by atoms with Crippen LogP contribution in [0.4, 0.5) is 11.4 Å². The number of nitrogens with one attached hydrogen (secondary N) is 1. The maximum absolute atomic E-state index is 5.23. The molecule has 0 aliphatic carbocycles. The largest absolute Gasteiger partial charge is 0.497 e. The van der Waals surface area contributed by atoms with Crippen LogP contribution in [0.2, 0.25) is 0 Å². The second kappa shape index (κ2) is 3.15. The molecule has 3 rings (SSSR count). The summed E-state index contributed by atoms with van der Waals surface area (Å²) in [4.78, 5) is 6.71. The van der Waals surface area contributed by atoms with E-state index in [1.165, 1.54) is 5.69 Å². The van der Waals surface area contributed by atoms with Crippen LogP contribution in [0, 0.1) is 0 Å². The summed E-state index contributed by atoms with van der Waals surface area (Å²) in [7, 11) is 1.69. The number of hydrogen-bond acceptors (Lipinski definition) is 4. The van der Waals surface area contributed by atoms with Gasteiger partial charge in [0, 0.05) is 12.6 Å². The van der Waals surface area contributed by atoms with E-state index in [4.69, 9.17) is 4.74 Å². The van der Waals surface area contributed by atoms with Crippen LogP contribution in [0.3, 0.4) is 0 Å². The Morgan fingerprint density at radius 2 is 2.40 bits per heavy atom. The summed E-state index contributed by atoms with van der Waals surface area (Å²) >= 11 is 0. The number of aliphatic imine (C=N–C) groups is 1. The maximum Gasteiger partial charge on any atom is 0.123 e. The molecule has 0 radical (unpaired) electrons. The average molecular weight is 203 g/mol. The minimum absolute atomic E-state index is 0.833. The molecule has 2 heterocycles. The Bertz CT molecular complexity index is 428. The first-order chi connectivity index (χ1) is 7.38. The second-order valence-electron chi connectivity index (χ2n) is 3.69. The monoisotopic (exact) mass is 203 g/mol. The van der Waals surface area contributed by atoms with Crippen molar-refractivity contribution < 1.29 is 4.74 Å². The number of rotatable bonds is 1. The lowest BCUT2D eigenvalue weighted by Gasteiger charge is -2.29. The highest BCUT2D eigenvalue weighted by Crippen LogP contribution is 2.34. The predicted molar refractivity (Wildman–Crippen MR) is 61.1 cm³/mol. The van der Waals surface area contributed by atoms with Crippen molar-refractivity contribution >= 4 is 17.2 Å². The zero-order valence-electron chi connectivity index (χ0n) is 8.66. The Hall–Kier alpha value is -1.71. The Kier molecular flexibility index (Phi) is 1.80. The lowest BCUT2D eigenvalue weighted by molar-refractivity contribution is 0.415. The molecule has 2 aliphatic heterocycles. The summed E-state index contributed by atoms with van der Waals surface area (Å²) < 4.78 is 5.23. The van der Waals surface area contributed by atoms with Gasteiger partial charge in [-0.15, -0.1) is 0 Å². The molecule has 4 nitrogen and oxygen atoms in total. The van der Waals surface area contributed by atoms with Crippen molar-refractivity contribution in [2.75, 3.05) is 37.0 Å². The normalized spacial score (nSPS) is 17.7. The average Bonchev–Trinajstić information content (AvgIpc) is 2.76. The van der Waals surface area contributed by atoms with Crippen LogP contribution in [0.1, 0.15) is 0 Å². The van der Waals surface area contributed by atoms with Gasteiger partial charge in [0.05, 0.1) is 31.6 Å². The van der Waals surface area contributed by atoms with Gasteiger partial charge in [-0.05, 0) is 12.1 Å². The number of benzene rings is 1. The highest BCUT2D eigenvalue weighted by Gasteiger charge is 2.25. The third-order valence-corrected chi connectivity index (χ3v) is 2.86. The Labute approximate surface area is 88.6 Å². The molecule has 0 saturated heterocycles. The predicted octanol–water partition coefficient (Wildman–Crippen LogP) is 1.34. The Morgan fingerprint density at radius 1 is 1.47 bits per heavy atom. The van der Waals surface area contributed by atoms with E-state index in [0.29, 0.717) is 0 Å². The first-order valence-electron chi connectivity index (χ1n) is 5.11. The van der Waals surface area contributed by atoms with Crippen LogP contribution >= 0.6 is 0 Å². The molecule has 0 bridgehead atoms. The smallest absolute Gasteiger partial charge is 0.123 e. The number of fused-ring (bicyclic) bond motifs is 3. The van der Waals surface area contributed by atoms with Crippen molar-refractivity contribution in [1.29, 1.82) is 0 Å². The van der Waals surface area contributed by atoms with E-state index in [1.54, 1.807) is 7.11 Å². The van der Waals surface area contributed by atoms with E-state index < -0.39 is 0 Å². The topological polar surface area (TPSA) is 36.9 Å². The molecule has 0 spiro atoms. The fourth-order valence-electron chi connectivity index (χ4n) is 2.09. The van der Waals surface area contributed by atoms with E-state index in [-0.39, 0.29) is 0 Å². The third kappa shape index (κ3) is 1.25. The van der Waals surface area contributed by atoms with Gasteiger partial charge < -0.3 is 15.0 Å². The molecule has 1 N–H and O–H groups in total. The molecule has 0 atom stereocenters. The first-order valence-corrected chi connectivity index (χ1v) is 5.11. The molecule has 0 fully saturated rings. The van der Waals surface area contributed by atoms with Crippen molar-refractivity contribution in [3.05, 3.63) is 18.2 Å². The van der Waals surface area contributed by atoms with E-state index in [2.05, 4.69) is 27.3 Å². The van der Waals surface area contributed by atoms with E-state index in [9.17, 15) is 0 Å². The van der Waals surface area contributed by atoms with Crippen LogP contribution in [0.25, 0.3) is 0 Å². The summed E-state index contributed by atoms with van der Waals surface area (Å²) in [5.74, 6) is 2.03. The van der Waals surface area contributed by atoms with Gasteiger partial charge >= 0.3 is 0 Å². The van der Waals surface area contributed by atoms with Gasteiger partial charge in [0.15, 0.2) is 0 Å². The molecular weight excluding hydrogens is 190 g/mol. The Balaban J connectivity index is 2.08. The fraction of sp³-hybridized carbons (Fsp3) is 0.364. The third-order valence-electron chi connectivity index (χ3n) is 2.86. The highest BCUT2D eigenvalue weighted by molar-refractivity contribution is 6.07. The van der Waals surface area contributed by atoms with Crippen molar-refractivity contribution in [2.24, 2.45) is 4.99 Å². The van der Waals surface area contributed by atoms with Gasteiger partial charge in [0.2, 0.25) is 0 Å². The molecule has 15 heavy (non-hydrogen) atoms. The molecule has 1 aromatic carbocycles. The van der Waals surface area contributed by atoms with Gasteiger partial charge in [-0.2, -0.15) is 0 Å². The van der Waals surface area contributed by atoms with E-state index >= 15 is 0 Å². The number of nitrogens with zero attached hydrogens (tertiary/aromatic N) is 2. The number of ether oxygens (including phenoxy) is 1. The zero-order chi connectivity index (χ0) is 10.3. The van der Waals surface area contributed by atoms with Crippen molar-refractivity contribution in [3.63, 3.8) is 0 Å². The van der Waals surface area contributed by atoms with Crippen LogP contribution in [-0.4, -0.2) is 32.6 Å². The molecule has 2 aliphatic rings. The number of amidine groups is 1. The SMILES string of the molecule is COc1ccc2c(c1)N1CCN=C1CN2. The Morgan fingerprint density at radius 3 is 3.27 bits per heavy atom. The molecule has 0 saturated carbocycles. The summed E-state index contributed by atoms with van der Waals surface area (Å²) in [6.07, 6.45) is 0. The summed E-state index contributed by atoms with van der Waals surface area (Å²) in [5, 5.41) is 3.36. The van der Waals surface area contributed by atoms with E-state index in [0.717, 1.165) is 36.9 Å². The highest BCUT2D eigenvalue weighted by atomic mass is 16.5. The standard InChI is InChI=1S/C11H13N3O/c1-15-8-2-3-9-10(6-8)14-5-4-12-11(14)7-13-9/h2-3,6,13H,4-5,7H2,1H3. The molecular formula is C11H13N3O. The molecule has 0 unspecified atom stereocenters. The van der Waals surface area contributed by atoms with Crippen molar-refractivity contribution in [1.82, 2.24) is 0 Å². The van der Waals surface area contributed by atoms with Gasteiger partial charge in [-0.3, -0.25) is 4.99 Å². The summed E-state index contributed by atoms with van der Waals surface area (Å²) in [6.45, 7) is 2.71. The lowest BCUT2D eigenvalue weighted by atomic mass is 10.2. The van der Waals surface area contributed by atoms with Crippen LogP contribution < -0.4 is 15.0 Å². The summed E-state index contributed by atoms with van der Waals surface area (Å²) in [5.41, 5.74) is 2.34. The lowest BCUT2D eigenvalue weighted by Crippen LogP contribution is -2.37. The van der Waals surface area contributed by atoms with Gasteiger partial charge in [0.25, 0.3) is 0 Å². The number of anilines is 2. The van der Waals surface area contributed by atoms with Gasteiger partial charge in [0.1, 0.15) is 11.6 Å². The van der Waals surface area contributed by atoms with Crippen LogP contribution in [0.5, 0.6) is 5.75 Å². The molecule has 4 heteroatoms. The van der Waals surface area contributed by atoms with Crippen molar-refractivity contribution in [3.8, 4) is 5.75 Å². The minimum Gasteiger partial charge on any atom is -0.497 e.